The molecule has 2 aliphatic heterocycles. The van der Waals surface area contributed by atoms with Gasteiger partial charge in [0.15, 0.2) is 0 Å². The number of aliphatic imine (C=N–C) groups is 2. The molecule has 3 aromatic rings. The molecule has 2 aromatic carbocycles. The first-order chi connectivity index (χ1) is 15.7. The van der Waals surface area contributed by atoms with E-state index in [1.165, 1.54) is 0 Å². The number of benzene rings is 2. The van der Waals surface area contributed by atoms with E-state index in [4.69, 9.17) is 9.47 Å². The molecule has 0 radical (unpaired) electrons. The zero-order valence-electron chi connectivity index (χ0n) is 17.3. The molecule has 4 atom stereocenters. The fourth-order valence-corrected chi connectivity index (χ4v) is 3.80. The van der Waals surface area contributed by atoms with Crippen LogP contribution in [0.3, 0.4) is 0 Å². The maximum absolute atomic E-state index is 10.6. The van der Waals surface area contributed by atoms with Crippen LogP contribution in [0.15, 0.2) is 88.8 Å². The average molecular weight is 429 g/mol. The Morgan fingerprint density at radius 2 is 1.06 bits per heavy atom. The van der Waals surface area contributed by atoms with Crippen LogP contribution >= 0.6 is 0 Å². The lowest BCUT2D eigenvalue weighted by atomic mass is 10.0. The highest BCUT2D eigenvalue weighted by Crippen LogP contribution is 2.26. The van der Waals surface area contributed by atoms with Gasteiger partial charge in [0.1, 0.15) is 48.9 Å². The van der Waals surface area contributed by atoms with Crippen LogP contribution in [0.25, 0.3) is 0 Å². The molecule has 7 nitrogen and oxygen atoms in total. The zero-order chi connectivity index (χ0) is 21.9. The number of aromatic nitrogens is 1. The Morgan fingerprint density at radius 3 is 1.50 bits per heavy atom. The molecular weight excluding hydrogens is 406 g/mol. The number of hydrogen-bond donors (Lipinski definition) is 2. The maximum atomic E-state index is 10.6. The molecule has 0 amide bonds. The summed E-state index contributed by atoms with van der Waals surface area (Å²) in [6.45, 7) is 0.556. The lowest BCUT2D eigenvalue weighted by Gasteiger charge is -2.13. The quantitative estimate of drug-likeness (QED) is 0.628. The Morgan fingerprint density at radius 1 is 0.625 bits per heavy atom. The summed E-state index contributed by atoms with van der Waals surface area (Å²) in [5, 5.41) is 21.2. The van der Waals surface area contributed by atoms with Crippen molar-refractivity contribution in [1.82, 2.24) is 4.98 Å². The highest BCUT2D eigenvalue weighted by atomic mass is 16.5. The third-order valence-electron chi connectivity index (χ3n) is 5.55. The van der Waals surface area contributed by atoms with Crippen molar-refractivity contribution in [2.45, 2.75) is 24.3 Å². The topological polar surface area (TPSA) is 96.5 Å². The Labute approximate surface area is 185 Å². The third kappa shape index (κ3) is 4.12. The molecule has 1 aromatic heterocycles. The van der Waals surface area contributed by atoms with Gasteiger partial charge in [-0.15, -0.1) is 0 Å². The number of rotatable bonds is 6. The van der Waals surface area contributed by atoms with Gasteiger partial charge in [-0.3, -0.25) is 0 Å². The van der Waals surface area contributed by atoms with Gasteiger partial charge in [0.05, 0.1) is 0 Å². The molecule has 0 aliphatic carbocycles. The van der Waals surface area contributed by atoms with Gasteiger partial charge in [-0.2, -0.15) is 0 Å². The van der Waals surface area contributed by atoms with Crippen LogP contribution in [0.1, 0.15) is 34.7 Å². The molecule has 0 unspecified atom stereocenters. The van der Waals surface area contributed by atoms with Crippen molar-refractivity contribution in [3.63, 3.8) is 0 Å². The van der Waals surface area contributed by atoms with Crippen molar-refractivity contribution in [3.8, 4) is 0 Å². The molecule has 162 valence electrons. The Kier molecular flexibility index (Phi) is 5.66. The van der Waals surface area contributed by atoms with E-state index in [0.717, 1.165) is 11.1 Å². The molecule has 0 saturated carbocycles. The number of nitrogens with zero attached hydrogens (tertiary/aromatic N) is 3. The first-order valence-corrected chi connectivity index (χ1v) is 10.5. The Balaban J connectivity index is 1.33. The van der Waals surface area contributed by atoms with E-state index in [2.05, 4.69) is 15.0 Å². The monoisotopic (exact) mass is 429 g/mol. The van der Waals surface area contributed by atoms with Gasteiger partial charge in [0.25, 0.3) is 0 Å². The lowest BCUT2D eigenvalue weighted by molar-refractivity contribution is 0.129. The standard InChI is InChI=1S/C25H23N3O4/c29-22(16-8-3-1-4-9-16)20-14-31-24(27-20)18-12-7-13-19(26-18)25-28-21(15-32-25)23(30)17-10-5-2-6-11-17/h1-13,20-23,29-30H,14-15H2/t20-,21-,22-,23-/m1/s1. The number of aliphatic hydroxyl groups excluding tert-OH is 2. The highest BCUT2D eigenvalue weighted by molar-refractivity contribution is 5.97. The average Bonchev–Trinajstić information content (AvgIpc) is 3.55. The predicted octanol–water partition coefficient (Wildman–Crippen LogP) is 2.84. The summed E-state index contributed by atoms with van der Waals surface area (Å²) < 4.78 is 11.5. The van der Waals surface area contributed by atoms with Crippen LogP contribution in [0.2, 0.25) is 0 Å². The summed E-state index contributed by atoms with van der Waals surface area (Å²) in [5.74, 6) is 0.762. The summed E-state index contributed by atoms with van der Waals surface area (Å²) in [7, 11) is 0. The third-order valence-corrected chi connectivity index (χ3v) is 5.55. The molecule has 0 saturated heterocycles. The second-order valence-corrected chi connectivity index (χ2v) is 7.74. The Bertz CT molecular complexity index is 1050. The number of hydrogen-bond acceptors (Lipinski definition) is 7. The molecule has 2 aliphatic rings. The van der Waals surface area contributed by atoms with Crippen LogP contribution in [-0.4, -0.2) is 52.3 Å². The van der Waals surface area contributed by atoms with Crippen molar-refractivity contribution in [1.29, 1.82) is 0 Å². The lowest BCUT2D eigenvalue weighted by Crippen LogP contribution is -2.17. The van der Waals surface area contributed by atoms with Crippen molar-refractivity contribution in [2.75, 3.05) is 13.2 Å². The summed E-state index contributed by atoms with van der Waals surface area (Å²) >= 11 is 0. The normalized spacial score (nSPS) is 21.8. The molecule has 0 bridgehead atoms. The minimum Gasteiger partial charge on any atom is -0.474 e. The molecule has 3 heterocycles. The fraction of sp³-hybridized carbons (Fsp3) is 0.240. The minimum absolute atomic E-state index is 0.278. The molecule has 5 rings (SSSR count). The first kappa shape index (κ1) is 20.4. The summed E-state index contributed by atoms with van der Waals surface area (Å²) in [5.41, 5.74) is 2.68. The van der Waals surface area contributed by atoms with Crippen LogP contribution in [-0.2, 0) is 9.47 Å². The smallest absolute Gasteiger partial charge is 0.235 e. The van der Waals surface area contributed by atoms with Gasteiger partial charge in [-0.05, 0) is 23.3 Å². The van der Waals surface area contributed by atoms with Gasteiger partial charge in [0, 0.05) is 0 Å². The van der Waals surface area contributed by atoms with E-state index >= 15 is 0 Å². The van der Waals surface area contributed by atoms with E-state index in [1.54, 1.807) is 12.1 Å². The van der Waals surface area contributed by atoms with Crippen molar-refractivity contribution >= 4 is 11.8 Å². The maximum Gasteiger partial charge on any atom is 0.235 e. The largest absolute Gasteiger partial charge is 0.474 e. The first-order valence-electron chi connectivity index (χ1n) is 10.5. The van der Waals surface area contributed by atoms with Crippen LogP contribution < -0.4 is 0 Å². The molecular formula is C25H23N3O4. The number of aliphatic hydroxyl groups is 2. The van der Waals surface area contributed by atoms with Crippen LogP contribution in [0.5, 0.6) is 0 Å². The molecule has 2 N–H and O–H groups in total. The van der Waals surface area contributed by atoms with E-state index < -0.39 is 24.3 Å². The molecule has 0 spiro atoms. The zero-order valence-corrected chi connectivity index (χ0v) is 17.3. The summed E-state index contributed by atoms with van der Waals surface area (Å²) in [6.07, 6.45) is -1.50. The highest BCUT2D eigenvalue weighted by Gasteiger charge is 2.30. The summed E-state index contributed by atoms with van der Waals surface area (Å²) in [4.78, 5) is 13.7. The second kappa shape index (κ2) is 8.90. The van der Waals surface area contributed by atoms with Gasteiger partial charge >= 0.3 is 0 Å². The van der Waals surface area contributed by atoms with Crippen LogP contribution in [0.4, 0.5) is 0 Å². The predicted molar refractivity (Wildman–Crippen MR) is 120 cm³/mol. The van der Waals surface area contributed by atoms with Crippen LogP contribution in [0, 0.1) is 0 Å². The van der Waals surface area contributed by atoms with Gasteiger partial charge < -0.3 is 19.7 Å². The SMILES string of the molecule is O[C@H](c1ccccc1)[C@H]1COC(c2cccc(C3=N[C@@H]([C@H](O)c4ccccc4)CO3)n2)=N1. The van der Waals surface area contributed by atoms with E-state index in [9.17, 15) is 10.2 Å². The van der Waals surface area contributed by atoms with E-state index in [1.807, 2.05) is 66.7 Å². The van der Waals surface area contributed by atoms with Gasteiger partial charge in [-0.25, -0.2) is 15.0 Å². The molecule has 0 fully saturated rings. The summed E-state index contributed by atoms with van der Waals surface area (Å²) in [6, 6.07) is 23.4. The number of ether oxygens (including phenoxy) is 2. The Hall–Kier alpha value is -3.55. The van der Waals surface area contributed by atoms with Gasteiger partial charge in [-0.1, -0.05) is 66.7 Å². The fourth-order valence-electron chi connectivity index (χ4n) is 3.80. The van der Waals surface area contributed by atoms with Gasteiger partial charge in [0.2, 0.25) is 11.8 Å². The van der Waals surface area contributed by atoms with Crippen molar-refractivity contribution in [3.05, 3.63) is 101 Å². The van der Waals surface area contributed by atoms with E-state index in [-0.39, 0.29) is 13.2 Å². The number of pyridine rings is 1. The second-order valence-electron chi connectivity index (χ2n) is 7.74. The van der Waals surface area contributed by atoms with Crippen molar-refractivity contribution < 1.29 is 19.7 Å². The molecule has 32 heavy (non-hydrogen) atoms. The minimum atomic E-state index is -0.750. The van der Waals surface area contributed by atoms with E-state index in [0.29, 0.717) is 23.2 Å². The molecule has 7 heteroatoms. The van der Waals surface area contributed by atoms with Crippen molar-refractivity contribution in [2.24, 2.45) is 9.98 Å².